The van der Waals surface area contributed by atoms with Crippen molar-refractivity contribution < 1.29 is 0 Å². The Morgan fingerprint density at radius 1 is 0.958 bits per heavy atom. The summed E-state index contributed by atoms with van der Waals surface area (Å²) in [4.78, 5) is 7.23. The first kappa shape index (κ1) is 15.3. The minimum atomic E-state index is 1.03. The average molecular weight is 320 g/mol. The number of benzene rings is 1. The second kappa shape index (κ2) is 6.73. The maximum absolute atomic E-state index is 4.65. The summed E-state index contributed by atoms with van der Waals surface area (Å²) in [6.45, 7) is 3.62. The molecule has 0 aliphatic carbocycles. The van der Waals surface area contributed by atoms with E-state index in [0.717, 1.165) is 18.5 Å². The van der Waals surface area contributed by atoms with Gasteiger partial charge in [-0.15, -0.1) is 0 Å². The largest absolute Gasteiger partial charge is 0.303 e. The summed E-state index contributed by atoms with van der Waals surface area (Å²) >= 11 is 0. The Labute approximate surface area is 143 Å². The first-order valence-corrected chi connectivity index (χ1v) is 8.88. The normalized spacial score (nSPS) is 15.9. The number of piperidine rings is 1. The summed E-state index contributed by atoms with van der Waals surface area (Å²) in [6.07, 6.45) is 11.1. The highest BCUT2D eigenvalue weighted by Gasteiger charge is 2.10. The molecule has 1 fully saturated rings. The fourth-order valence-corrected chi connectivity index (χ4v) is 3.53. The Bertz CT molecular complexity index is 831. The number of fused-ring (bicyclic) bond motifs is 1. The van der Waals surface area contributed by atoms with Crippen molar-refractivity contribution in [3.8, 4) is 11.1 Å². The molecule has 0 N–H and O–H groups in total. The van der Waals surface area contributed by atoms with Gasteiger partial charge in [-0.1, -0.05) is 18.6 Å². The smallest absolute Gasteiger partial charge is 0.0568 e. The van der Waals surface area contributed by atoms with Crippen LogP contribution in [0.25, 0.3) is 21.9 Å². The van der Waals surface area contributed by atoms with Gasteiger partial charge in [0, 0.05) is 49.1 Å². The van der Waals surface area contributed by atoms with Gasteiger partial charge in [0.15, 0.2) is 0 Å². The van der Waals surface area contributed by atoms with Crippen molar-refractivity contribution in [3.63, 3.8) is 0 Å². The molecular formula is C20H24N4. The van der Waals surface area contributed by atoms with Gasteiger partial charge >= 0.3 is 0 Å². The molecule has 0 saturated carbocycles. The van der Waals surface area contributed by atoms with Crippen molar-refractivity contribution >= 4 is 10.8 Å². The molecule has 4 rings (SSSR count). The van der Waals surface area contributed by atoms with E-state index >= 15 is 0 Å². The van der Waals surface area contributed by atoms with Gasteiger partial charge < -0.3 is 4.90 Å². The van der Waals surface area contributed by atoms with E-state index in [1.807, 2.05) is 24.1 Å². The van der Waals surface area contributed by atoms with E-state index in [0.29, 0.717) is 0 Å². The predicted molar refractivity (Wildman–Crippen MR) is 97.9 cm³/mol. The van der Waals surface area contributed by atoms with Crippen LogP contribution in [0.15, 0.2) is 42.9 Å². The van der Waals surface area contributed by atoms with Crippen molar-refractivity contribution in [3.05, 3.63) is 48.5 Å². The highest BCUT2D eigenvalue weighted by atomic mass is 15.2. The Kier molecular flexibility index (Phi) is 4.30. The monoisotopic (exact) mass is 320 g/mol. The van der Waals surface area contributed by atoms with Crippen LogP contribution in [0.3, 0.4) is 0 Å². The molecule has 4 nitrogen and oxygen atoms in total. The molecule has 0 atom stereocenters. The highest BCUT2D eigenvalue weighted by molar-refractivity contribution is 5.86. The number of nitrogens with zero attached hydrogens (tertiary/aromatic N) is 4. The molecular weight excluding hydrogens is 296 g/mol. The number of aromatic nitrogens is 3. The first-order chi connectivity index (χ1) is 11.8. The second-order valence-corrected chi connectivity index (χ2v) is 6.79. The Morgan fingerprint density at radius 2 is 1.83 bits per heavy atom. The topological polar surface area (TPSA) is 34.0 Å². The Balaban J connectivity index is 1.54. The van der Waals surface area contributed by atoms with E-state index in [1.54, 1.807) is 0 Å². The van der Waals surface area contributed by atoms with Crippen molar-refractivity contribution in [1.82, 2.24) is 19.7 Å². The molecule has 4 heteroatoms. The van der Waals surface area contributed by atoms with Crippen LogP contribution in [0.2, 0.25) is 0 Å². The molecule has 2 aromatic heterocycles. The van der Waals surface area contributed by atoms with Gasteiger partial charge in [-0.05, 0) is 49.0 Å². The van der Waals surface area contributed by atoms with Crippen molar-refractivity contribution in [1.29, 1.82) is 0 Å². The molecule has 0 radical (unpaired) electrons. The van der Waals surface area contributed by atoms with Gasteiger partial charge in [0.25, 0.3) is 0 Å². The van der Waals surface area contributed by atoms with E-state index in [9.17, 15) is 0 Å². The first-order valence-electron chi connectivity index (χ1n) is 8.88. The molecule has 3 heterocycles. The molecule has 1 aliphatic heterocycles. The van der Waals surface area contributed by atoms with Crippen molar-refractivity contribution in [2.75, 3.05) is 19.6 Å². The molecule has 0 amide bonds. The van der Waals surface area contributed by atoms with Gasteiger partial charge in [0.2, 0.25) is 0 Å². The molecule has 1 aliphatic rings. The molecule has 1 saturated heterocycles. The van der Waals surface area contributed by atoms with Crippen LogP contribution in [0, 0.1) is 0 Å². The number of aryl methyl sites for hydroxylation is 1. The van der Waals surface area contributed by atoms with Crippen LogP contribution < -0.4 is 0 Å². The van der Waals surface area contributed by atoms with Crippen molar-refractivity contribution in [2.45, 2.75) is 25.7 Å². The quantitative estimate of drug-likeness (QED) is 0.735. The van der Waals surface area contributed by atoms with E-state index < -0.39 is 0 Å². The van der Waals surface area contributed by atoms with Gasteiger partial charge in [0.1, 0.15) is 0 Å². The SMILES string of the molecule is Cn1cc(-c2ccc3cnc(CCN4CCCCC4)cc3c2)cn1. The van der Waals surface area contributed by atoms with Gasteiger partial charge in [0.05, 0.1) is 6.20 Å². The Morgan fingerprint density at radius 3 is 2.62 bits per heavy atom. The van der Waals surface area contributed by atoms with Crippen LogP contribution in [0.5, 0.6) is 0 Å². The fourth-order valence-electron chi connectivity index (χ4n) is 3.53. The molecule has 3 aromatic rings. The maximum atomic E-state index is 4.65. The summed E-state index contributed by atoms with van der Waals surface area (Å²) in [7, 11) is 1.95. The van der Waals surface area contributed by atoms with E-state index in [4.69, 9.17) is 0 Å². The third-order valence-electron chi connectivity index (χ3n) is 4.95. The summed E-state index contributed by atoms with van der Waals surface area (Å²) in [6, 6.07) is 8.80. The van der Waals surface area contributed by atoms with Crippen LogP contribution >= 0.6 is 0 Å². The number of pyridine rings is 1. The zero-order chi connectivity index (χ0) is 16.4. The van der Waals surface area contributed by atoms with Gasteiger partial charge in [-0.3, -0.25) is 9.67 Å². The van der Waals surface area contributed by atoms with E-state index in [1.165, 1.54) is 54.4 Å². The standard InChI is InChI=1S/C20H24N4/c1-23-15-19(14-22-23)16-5-6-17-13-21-20(12-18(17)11-16)7-10-24-8-3-2-4-9-24/h5-6,11-15H,2-4,7-10H2,1H3. The number of likely N-dealkylation sites (tertiary alicyclic amines) is 1. The van der Waals surface area contributed by atoms with Crippen molar-refractivity contribution in [2.24, 2.45) is 7.05 Å². The lowest BCUT2D eigenvalue weighted by Gasteiger charge is -2.26. The third kappa shape index (κ3) is 3.34. The summed E-state index contributed by atoms with van der Waals surface area (Å²) in [5.41, 5.74) is 3.56. The summed E-state index contributed by atoms with van der Waals surface area (Å²) in [5, 5.41) is 6.73. The lowest BCUT2D eigenvalue weighted by Crippen LogP contribution is -2.31. The average Bonchev–Trinajstić information content (AvgIpc) is 3.06. The van der Waals surface area contributed by atoms with Crippen LogP contribution in [-0.4, -0.2) is 39.3 Å². The van der Waals surface area contributed by atoms with Crippen LogP contribution in [0.1, 0.15) is 25.0 Å². The molecule has 0 unspecified atom stereocenters. The molecule has 0 bridgehead atoms. The second-order valence-electron chi connectivity index (χ2n) is 6.79. The minimum Gasteiger partial charge on any atom is -0.303 e. The molecule has 24 heavy (non-hydrogen) atoms. The zero-order valence-electron chi connectivity index (χ0n) is 14.3. The fraction of sp³-hybridized carbons (Fsp3) is 0.400. The van der Waals surface area contributed by atoms with Gasteiger partial charge in [-0.2, -0.15) is 5.10 Å². The van der Waals surface area contributed by atoms with Crippen LogP contribution in [-0.2, 0) is 13.5 Å². The van der Waals surface area contributed by atoms with Crippen LogP contribution in [0.4, 0.5) is 0 Å². The zero-order valence-corrected chi connectivity index (χ0v) is 14.3. The van der Waals surface area contributed by atoms with Gasteiger partial charge in [-0.25, -0.2) is 0 Å². The summed E-state index contributed by atoms with van der Waals surface area (Å²) < 4.78 is 1.84. The number of hydrogen-bond acceptors (Lipinski definition) is 3. The Hall–Kier alpha value is -2.20. The predicted octanol–water partition coefficient (Wildman–Crippen LogP) is 3.66. The third-order valence-corrected chi connectivity index (χ3v) is 4.95. The molecule has 1 aromatic carbocycles. The molecule has 0 spiro atoms. The number of hydrogen-bond donors (Lipinski definition) is 0. The molecule has 124 valence electrons. The lowest BCUT2D eigenvalue weighted by atomic mass is 10.0. The highest BCUT2D eigenvalue weighted by Crippen LogP contribution is 2.24. The summed E-state index contributed by atoms with van der Waals surface area (Å²) in [5.74, 6) is 0. The van der Waals surface area contributed by atoms with E-state index in [2.05, 4.69) is 45.4 Å². The maximum Gasteiger partial charge on any atom is 0.0568 e. The van der Waals surface area contributed by atoms with E-state index in [-0.39, 0.29) is 0 Å². The number of rotatable bonds is 4. The lowest BCUT2D eigenvalue weighted by molar-refractivity contribution is 0.231. The minimum absolute atomic E-state index is 1.03.